The average molecular weight is 315 g/mol. The van der Waals surface area contributed by atoms with Gasteiger partial charge in [0.25, 0.3) is 0 Å². The molecule has 0 radical (unpaired) electrons. The summed E-state index contributed by atoms with van der Waals surface area (Å²) in [6.45, 7) is 7.24. The number of piperidine rings is 1. The number of carbonyl (C=O) groups is 1. The maximum Gasteiger partial charge on any atom is 0.317 e. The van der Waals surface area contributed by atoms with E-state index in [2.05, 4.69) is 11.4 Å². The van der Waals surface area contributed by atoms with Crippen molar-refractivity contribution in [2.75, 3.05) is 13.1 Å². The van der Waals surface area contributed by atoms with Crippen LogP contribution in [0.15, 0.2) is 24.3 Å². The van der Waals surface area contributed by atoms with Crippen molar-refractivity contribution >= 4 is 6.03 Å². The SMILES string of the molecule is CC(C)Oc1cccc([C@@H](C)NC(=O)N2CCC(C#N)CC2)c1. The molecule has 0 bridgehead atoms. The normalized spacial score (nSPS) is 16.7. The van der Waals surface area contributed by atoms with E-state index < -0.39 is 0 Å². The summed E-state index contributed by atoms with van der Waals surface area (Å²) in [5, 5.41) is 11.9. The number of hydrogen-bond donors (Lipinski definition) is 1. The number of amides is 2. The van der Waals surface area contributed by atoms with Crippen molar-refractivity contribution in [1.29, 1.82) is 5.26 Å². The molecule has 1 aromatic carbocycles. The summed E-state index contributed by atoms with van der Waals surface area (Å²) in [4.78, 5) is 14.1. The molecule has 1 aliphatic rings. The minimum atomic E-state index is -0.0908. The second-order valence-corrected chi connectivity index (χ2v) is 6.30. The van der Waals surface area contributed by atoms with Gasteiger partial charge in [-0.1, -0.05) is 12.1 Å². The molecular weight excluding hydrogens is 290 g/mol. The van der Waals surface area contributed by atoms with E-state index in [1.54, 1.807) is 4.90 Å². The number of nitrogens with zero attached hydrogens (tertiary/aromatic N) is 2. The fourth-order valence-corrected chi connectivity index (χ4v) is 2.70. The highest BCUT2D eigenvalue weighted by Crippen LogP contribution is 2.21. The van der Waals surface area contributed by atoms with Gasteiger partial charge >= 0.3 is 6.03 Å². The van der Waals surface area contributed by atoms with Crippen LogP contribution < -0.4 is 10.1 Å². The van der Waals surface area contributed by atoms with Crippen LogP contribution in [0.25, 0.3) is 0 Å². The molecule has 23 heavy (non-hydrogen) atoms. The number of rotatable bonds is 4. The van der Waals surface area contributed by atoms with Crippen LogP contribution in [0, 0.1) is 17.2 Å². The van der Waals surface area contributed by atoms with Crippen LogP contribution >= 0.6 is 0 Å². The number of nitrogens with one attached hydrogen (secondary N) is 1. The van der Waals surface area contributed by atoms with E-state index in [0.29, 0.717) is 13.1 Å². The molecule has 5 heteroatoms. The lowest BCUT2D eigenvalue weighted by Crippen LogP contribution is -2.45. The first kappa shape index (κ1) is 17.1. The maximum atomic E-state index is 12.3. The number of hydrogen-bond acceptors (Lipinski definition) is 3. The third-order valence-corrected chi connectivity index (χ3v) is 4.03. The first-order valence-corrected chi connectivity index (χ1v) is 8.21. The van der Waals surface area contributed by atoms with E-state index in [0.717, 1.165) is 24.2 Å². The van der Waals surface area contributed by atoms with Crippen molar-refractivity contribution in [3.8, 4) is 11.8 Å². The van der Waals surface area contributed by atoms with Crippen molar-refractivity contribution in [2.45, 2.75) is 45.8 Å². The fourth-order valence-electron chi connectivity index (χ4n) is 2.70. The molecule has 1 fully saturated rings. The molecule has 2 rings (SSSR count). The molecule has 124 valence electrons. The molecule has 1 heterocycles. The molecule has 0 saturated carbocycles. The third kappa shape index (κ3) is 4.88. The Hall–Kier alpha value is -2.22. The van der Waals surface area contributed by atoms with Gasteiger partial charge in [0.15, 0.2) is 0 Å². The molecule has 1 saturated heterocycles. The number of carbonyl (C=O) groups excluding carboxylic acids is 1. The van der Waals surface area contributed by atoms with Gasteiger partial charge in [-0.25, -0.2) is 4.79 Å². The Balaban J connectivity index is 1.92. The Bertz CT molecular complexity index is 572. The van der Waals surface area contributed by atoms with Gasteiger partial charge in [-0.2, -0.15) is 5.26 Å². The molecule has 1 atom stereocenters. The molecule has 5 nitrogen and oxygen atoms in total. The summed E-state index contributed by atoms with van der Waals surface area (Å²) in [7, 11) is 0. The zero-order valence-electron chi connectivity index (χ0n) is 14.1. The van der Waals surface area contributed by atoms with Crippen molar-refractivity contribution in [2.24, 2.45) is 5.92 Å². The zero-order valence-corrected chi connectivity index (χ0v) is 14.1. The smallest absolute Gasteiger partial charge is 0.317 e. The van der Waals surface area contributed by atoms with Crippen LogP contribution in [0.4, 0.5) is 4.79 Å². The minimum Gasteiger partial charge on any atom is -0.491 e. The predicted molar refractivity (Wildman–Crippen MR) is 89.1 cm³/mol. The Morgan fingerprint density at radius 1 is 1.35 bits per heavy atom. The number of urea groups is 1. The van der Waals surface area contributed by atoms with Crippen LogP contribution in [0.2, 0.25) is 0 Å². The molecule has 1 aromatic rings. The number of benzene rings is 1. The summed E-state index contributed by atoms with van der Waals surface area (Å²) in [6, 6.07) is 9.93. The highest BCUT2D eigenvalue weighted by atomic mass is 16.5. The minimum absolute atomic E-state index is 0.0657. The van der Waals surface area contributed by atoms with Crippen LogP contribution in [0.5, 0.6) is 5.75 Å². The van der Waals surface area contributed by atoms with Crippen LogP contribution in [-0.4, -0.2) is 30.1 Å². The van der Waals surface area contributed by atoms with Gasteiger partial charge in [-0.15, -0.1) is 0 Å². The molecule has 0 spiro atoms. The summed E-state index contributed by atoms with van der Waals surface area (Å²) in [5.41, 5.74) is 1.02. The molecular formula is C18H25N3O2. The van der Waals surface area contributed by atoms with Crippen molar-refractivity contribution in [3.63, 3.8) is 0 Å². The molecule has 1 N–H and O–H groups in total. The highest BCUT2D eigenvalue weighted by Gasteiger charge is 2.23. The van der Waals surface area contributed by atoms with Gasteiger partial charge in [-0.3, -0.25) is 0 Å². The first-order chi connectivity index (χ1) is 11.0. The zero-order chi connectivity index (χ0) is 16.8. The molecule has 1 aliphatic heterocycles. The van der Waals surface area contributed by atoms with Gasteiger partial charge in [0.1, 0.15) is 5.75 Å². The second-order valence-electron chi connectivity index (χ2n) is 6.30. The van der Waals surface area contributed by atoms with E-state index in [1.807, 2.05) is 45.0 Å². The summed E-state index contributed by atoms with van der Waals surface area (Å²) >= 11 is 0. The second kappa shape index (κ2) is 7.87. The average Bonchev–Trinajstić information content (AvgIpc) is 2.54. The topological polar surface area (TPSA) is 65.4 Å². The standard InChI is InChI=1S/C18H25N3O2/c1-13(2)23-17-6-4-5-16(11-17)14(3)20-18(22)21-9-7-15(12-19)8-10-21/h4-6,11,13-15H,7-10H2,1-3H3,(H,20,22)/t14-/m1/s1. The van der Waals surface area contributed by atoms with Crippen LogP contribution in [0.1, 0.15) is 45.2 Å². The van der Waals surface area contributed by atoms with Crippen molar-refractivity contribution < 1.29 is 9.53 Å². The molecule has 2 amide bonds. The lowest BCUT2D eigenvalue weighted by molar-refractivity contribution is 0.176. The molecule has 0 aliphatic carbocycles. The Labute approximate surface area is 138 Å². The van der Waals surface area contributed by atoms with E-state index >= 15 is 0 Å². The predicted octanol–water partition coefficient (Wildman–Crippen LogP) is 3.48. The quantitative estimate of drug-likeness (QED) is 0.925. The van der Waals surface area contributed by atoms with Crippen LogP contribution in [-0.2, 0) is 0 Å². The van der Waals surface area contributed by atoms with Crippen molar-refractivity contribution in [3.05, 3.63) is 29.8 Å². The summed E-state index contributed by atoms with van der Waals surface area (Å²) in [5.74, 6) is 0.898. The lowest BCUT2D eigenvalue weighted by atomic mass is 9.99. The number of nitriles is 1. The third-order valence-electron chi connectivity index (χ3n) is 4.03. The number of ether oxygens (including phenoxy) is 1. The van der Waals surface area contributed by atoms with Gasteiger partial charge < -0.3 is 15.0 Å². The first-order valence-electron chi connectivity index (χ1n) is 8.21. The van der Waals surface area contributed by atoms with E-state index in [4.69, 9.17) is 10.00 Å². The largest absolute Gasteiger partial charge is 0.491 e. The van der Waals surface area contributed by atoms with Gasteiger partial charge in [0.2, 0.25) is 0 Å². The lowest BCUT2D eigenvalue weighted by Gasteiger charge is -2.30. The Kier molecular flexibility index (Phi) is 5.86. The summed E-state index contributed by atoms with van der Waals surface area (Å²) < 4.78 is 5.70. The fraction of sp³-hybridized carbons (Fsp3) is 0.556. The summed E-state index contributed by atoms with van der Waals surface area (Å²) in [6.07, 6.45) is 1.64. The van der Waals surface area contributed by atoms with E-state index in [-0.39, 0.29) is 24.1 Å². The van der Waals surface area contributed by atoms with E-state index in [1.165, 1.54) is 0 Å². The molecule has 0 unspecified atom stereocenters. The van der Waals surface area contributed by atoms with Gasteiger partial charge in [0.05, 0.1) is 18.2 Å². The van der Waals surface area contributed by atoms with Gasteiger partial charge in [-0.05, 0) is 51.3 Å². The van der Waals surface area contributed by atoms with E-state index in [9.17, 15) is 4.79 Å². The van der Waals surface area contributed by atoms with Crippen LogP contribution in [0.3, 0.4) is 0 Å². The monoisotopic (exact) mass is 315 g/mol. The Morgan fingerprint density at radius 2 is 2.04 bits per heavy atom. The maximum absolute atomic E-state index is 12.3. The van der Waals surface area contributed by atoms with Crippen molar-refractivity contribution in [1.82, 2.24) is 10.2 Å². The number of likely N-dealkylation sites (tertiary alicyclic amines) is 1. The Morgan fingerprint density at radius 3 is 2.65 bits per heavy atom. The highest BCUT2D eigenvalue weighted by molar-refractivity contribution is 5.74. The van der Waals surface area contributed by atoms with Gasteiger partial charge in [0, 0.05) is 19.0 Å². The molecule has 0 aromatic heterocycles.